The summed E-state index contributed by atoms with van der Waals surface area (Å²) in [5.41, 5.74) is -0.788. The van der Waals surface area contributed by atoms with Crippen LogP contribution in [0.5, 0.6) is 0 Å². The molecule has 1 aliphatic heterocycles. The Balaban J connectivity index is 2.63. The SMILES string of the molecule is CCCCCCC(=O)N[C@@H](CO)C(=O)N[C@@H](CC(C)C)C(=O)[C@@]1(CC)CO1. The number of hydrogen-bond donors (Lipinski definition) is 3. The van der Waals surface area contributed by atoms with Gasteiger partial charge in [-0.25, -0.2) is 0 Å². The molecule has 156 valence electrons. The molecule has 0 aromatic carbocycles. The van der Waals surface area contributed by atoms with Gasteiger partial charge >= 0.3 is 0 Å². The van der Waals surface area contributed by atoms with E-state index in [4.69, 9.17) is 4.74 Å². The molecule has 0 aliphatic carbocycles. The summed E-state index contributed by atoms with van der Waals surface area (Å²) in [5, 5.41) is 14.8. The molecule has 2 amide bonds. The van der Waals surface area contributed by atoms with E-state index in [1.165, 1.54) is 0 Å². The molecule has 27 heavy (non-hydrogen) atoms. The monoisotopic (exact) mass is 384 g/mol. The zero-order valence-electron chi connectivity index (χ0n) is 17.2. The van der Waals surface area contributed by atoms with Crippen molar-refractivity contribution < 1.29 is 24.2 Å². The number of amides is 2. The third kappa shape index (κ3) is 7.58. The molecule has 0 unspecified atom stereocenters. The summed E-state index contributed by atoms with van der Waals surface area (Å²) in [6.07, 6.45) is 5.24. The molecule has 0 spiro atoms. The van der Waals surface area contributed by atoms with Gasteiger partial charge in [-0.3, -0.25) is 14.4 Å². The van der Waals surface area contributed by atoms with E-state index in [1.807, 2.05) is 20.8 Å². The predicted molar refractivity (Wildman–Crippen MR) is 103 cm³/mol. The van der Waals surface area contributed by atoms with Crippen molar-refractivity contribution in [1.29, 1.82) is 0 Å². The van der Waals surface area contributed by atoms with Crippen LogP contribution in [-0.4, -0.2) is 53.6 Å². The third-order valence-corrected chi connectivity index (χ3v) is 4.94. The van der Waals surface area contributed by atoms with Crippen LogP contribution < -0.4 is 10.6 Å². The molecule has 0 bridgehead atoms. The average molecular weight is 385 g/mol. The predicted octanol–water partition coefficient (Wildman–Crippen LogP) is 1.71. The van der Waals surface area contributed by atoms with Gasteiger partial charge < -0.3 is 20.5 Å². The molecular formula is C20H36N2O5. The molecular weight excluding hydrogens is 348 g/mol. The molecule has 3 atom stereocenters. The molecule has 1 saturated heterocycles. The Hall–Kier alpha value is -1.47. The van der Waals surface area contributed by atoms with Crippen LogP contribution in [0.4, 0.5) is 0 Å². The van der Waals surface area contributed by atoms with Crippen molar-refractivity contribution >= 4 is 17.6 Å². The maximum Gasteiger partial charge on any atom is 0.245 e. The zero-order chi connectivity index (χ0) is 20.4. The quantitative estimate of drug-likeness (QED) is 0.312. The van der Waals surface area contributed by atoms with E-state index >= 15 is 0 Å². The van der Waals surface area contributed by atoms with Crippen LogP contribution in [-0.2, 0) is 19.1 Å². The van der Waals surface area contributed by atoms with Gasteiger partial charge in [-0.2, -0.15) is 0 Å². The maximum atomic E-state index is 12.8. The first-order chi connectivity index (χ1) is 12.8. The Bertz CT molecular complexity index is 503. The Kier molecular flexibility index (Phi) is 9.94. The fraction of sp³-hybridized carbons (Fsp3) is 0.850. The van der Waals surface area contributed by atoms with E-state index in [2.05, 4.69) is 17.6 Å². The van der Waals surface area contributed by atoms with Gasteiger partial charge in [0.05, 0.1) is 19.3 Å². The second kappa shape index (κ2) is 11.4. The topological polar surface area (TPSA) is 108 Å². The number of Topliss-reactive ketones (excluding diaryl/α,β-unsaturated/α-hetero) is 1. The van der Waals surface area contributed by atoms with Crippen LogP contribution in [0.1, 0.15) is 72.6 Å². The largest absolute Gasteiger partial charge is 0.394 e. The Morgan fingerprint density at radius 3 is 2.22 bits per heavy atom. The second-order valence-corrected chi connectivity index (χ2v) is 7.80. The van der Waals surface area contributed by atoms with Crippen LogP contribution in [0.25, 0.3) is 0 Å². The Labute approximate surface area is 162 Å². The highest BCUT2D eigenvalue weighted by atomic mass is 16.6. The average Bonchev–Trinajstić information content (AvgIpc) is 3.43. The van der Waals surface area contributed by atoms with Gasteiger partial charge in [-0.1, -0.05) is 47.0 Å². The molecule has 1 aliphatic rings. The lowest BCUT2D eigenvalue weighted by molar-refractivity contribution is -0.134. The number of rotatable bonds is 14. The molecule has 1 rings (SSSR count). The van der Waals surface area contributed by atoms with E-state index < -0.39 is 30.2 Å². The summed E-state index contributed by atoms with van der Waals surface area (Å²) in [6.45, 7) is 7.79. The lowest BCUT2D eigenvalue weighted by atomic mass is 9.90. The van der Waals surface area contributed by atoms with Crippen molar-refractivity contribution in [2.24, 2.45) is 5.92 Å². The second-order valence-electron chi connectivity index (χ2n) is 7.80. The van der Waals surface area contributed by atoms with E-state index in [0.717, 1.165) is 25.7 Å². The van der Waals surface area contributed by atoms with Crippen LogP contribution in [0.2, 0.25) is 0 Å². The molecule has 0 radical (unpaired) electrons. The number of ether oxygens (including phenoxy) is 1. The number of unbranched alkanes of at least 4 members (excludes halogenated alkanes) is 3. The summed E-state index contributed by atoms with van der Waals surface area (Å²) in [6, 6.07) is -1.74. The van der Waals surface area contributed by atoms with Crippen molar-refractivity contribution in [3.05, 3.63) is 0 Å². The summed E-state index contributed by atoms with van der Waals surface area (Å²) in [4.78, 5) is 37.3. The zero-order valence-corrected chi connectivity index (χ0v) is 17.2. The van der Waals surface area contributed by atoms with E-state index in [0.29, 0.717) is 25.9 Å². The van der Waals surface area contributed by atoms with Gasteiger partial charge in [0.1, 0.15) is 6.04 Å². The molecule has 0 aromatic rings. The maximum absolute atomic E-state index is 12.8. The Morgan fingerprint density at radius 1 is 1.07 bits per heavy atom. The van der Waals surface area contributed by atoms with Crippen molar-refractivity contribution in [2.75, 3.05) is 13.2 Å². The number of epoxide rings is 1. The first-order valence-electron chi connectivity index (χ1n) is 10.2. The van der Waals surface area contributed by atoms with Gasteiger partial charge in [0, 0.05) is 6.42 Å². The van der Waals surface area contributed by atoms with Gasteiger partial charge in [0.2, 0.25) is 11.8 Å². The number of carbonyl (C=O) groups is 3. The fourth-order valence-electron chi connectivity index (χ4n) is 3.07. The number of hydrogen-bond acceptors (Lipinski definition) is 5. The summed E-state index contributed by atoms with van der Waals surface area (Å²) >= 11 is 0. The minimum Gasteiger partial charge on any atom is -0.394 e. The highest BCUT2D eigenvalue weighted by molar-refractivity contribution is 5.98. The highest BCUT2D eigenvalue weighted by Gasteiger charge is 2.52. The van der Waals surface area contributed by atoms with Gasteiger partial charge in [0.25, 0.3) is 0 Å². The number of aliphatic hydroxyl groups excluding tert-OH is 1. The van der Waals surface area contributed by atoms with Crippen LogP contribution in [0.15, 0.2) is 0 Å². The normalized spacial score (nSPS) is 20.8. The molecule has 1 heterocycles. The lowest BCUT2D eigenvalue weighted by Crippen LogP contribution is -2.55. The molecule has 7 heteroatoms. The summed E-state index contributed by atoms with van der Waals surface area (Å²) in [5.74, 6) is -0.727. The van der Waals surface area contributed by atoms with E-state index in [-0.39, 0.29) is 17.6 Å². The van der Waals surface area contributed by atoms with E-state index in [9.17, 15) is 19.5 Å². The van der Waals surface area contributed by atoms with Crippen molar-refractivity contribution in [3.8, 4) is 0 Å². The lowest BCUT2D eigenvalue weighted by Gasteiger charge is -2.25. The molecule has 7 nitrogen and oxygen atoms in total. The summed E-state index contributed by atoms with van der Waals surface area (Å²) < 4.78 is 5.35. The minimum atomic E-state index is -1.05. The molecule has 1 fully saturated rings. The number of carbonyl (C=O) groups excluding carboxylic acids is 3. The van der Waals surface area contributed by atoms with Gasteiger partial charge in [-0.15, -0.1) is 0 Å². The van der Waals surface area contributed by atoms with Crippen molar-refractivity contribution in [1.82, 2.24) is 10.6 Å². The number of ketones is 1. The third-order valence-electron chi connectivity index (χ3n) is 4.94. The molecule has 0 aromatic heterocycles. The standard InChI is InChI=1S/C20H36N2O5/c1-5-7-8-9-10-17(24)21-16(12-23)19(26)22-15(11-14(3)4)18(25)20(6-2)13-27-20/h14-16,23H,5-13H2,1-4H3,(H,21,24)(H,22,26)/t15-,16-,20+/m0/s1. The first kappa shape index (κ1) is 23.6. The number of aliphatic hydroxyl groups is 1. The van der Waals surface area contributed by atoms with E-state index in [1.54, 1.807) is 0 Å². The molecule has 3 N–H and O–H groups in total. The van der Waals surface area contributed by atoms with Crippen LogP contribution >= 0.6 is 0 Å². The first-order valence-corrected chi connectivity index (χ1v) is 10.2. The van der Waals surface area contributed by atoms with Crippen molar-refractivity contribution in [3.63, 3.8) is 0 Å². The van der Waals surface area contributed by atoms with Gasteiger partial charge in [0.15, 0.2) is 11.4 Å². The summed E-state index contributed by atoms with van der Waals surface area (Å²) in [7, 11) is 0. The van der Waals surface area contributed by atoms with Crippen molar-refractivity contribution in [2.45, 2.75) is 90.3 Å². The van der Waals surface area contributed by atoms with Gasteiger partial charge in [-0.05, 0) is 25.2 Å². The fourth-order valence-corrected chi connectivity index (χ4v) is 3.07. The molecule has 0 saturated carbocycles. The number of nitrogens with one attached hydrogen (secondary N) is 2. The Morgan fingerprint density at radius 2 is 1.74 bits per heavy atom. The van der Waals surface area contributed by atoms with Crippen LogP contribution in [0.3, 0.4) is 0 Å². The smallest absolute Gasteiger partial charge is 0.245 e. The minimum absolute atomic E-state index is 0.130. The van der Waals surface area contributed by atoms with Crippen LogP contribution in [0, 0.1) is 5.92 Å². The highest BCUT2D eigenvalue weighted by Crippen LogP contribution is 2.33.